The Balaban J connectivity index is 2.31. The number of para-hydroxylation sites is 1. The molecule has 1 heterocycles. The van der Waals surface area contributed by atoms with Gasteiger partial charge in [-0.3, -0.25) is 0 Å². The maximum absolute atomic E-state index is 13.2. The molecule has 2 rings (SSSR count). The summed E-state index contributed by atoms with van der Waals surface area (Å²) in [5, 5.41) is 0. The first-order chi connectivity index (χ1) is 9.47. The average Bonchev–Trinajstić information content (AvgIpc) is 3.21. The molecule has 4 nitrogen and oxygen atoms in total. The smallest absolute Gasteiger partial charge is 0.419 e. The molecule has 2 atom stereocenters. The van der Waals surface area contributed by atoms with Crippen molar-refractivity contribution in [3.05, 3.63) is 23.8 Å². The molecule has 0 unspecified atom stereocenters. The number of epoxide rings is 1. The van der Waals surface area contributed by atoms with Gasteiger partial charge in [0.15, 0.2) is 17.6 Å². The van der Waals surface area contributed by atoms with E-state index in [-0.39, 0.29) is 29.8 Å². The van der Waals surface area contributed by atoms with Gasteiger partial charge in [-0.2, -0.15) is 13.2 Å². The Hall–Kier alpha value is -1.47. The van der Waals surface area contributed by atoms with Crippen molar-refractivity contribution in [1.29, 1.82) is 0 Å². The molecule has 0 saturated carbocycles. The summed E-state index contributed by atoms with van der Waals surface area (Å²) in [7, 11) is 2.65. The number of alkyl halides is 3. The zero-order valence-electron chi connectivity index (χ0n) is 11.1. The Morgan fingerprint density at radius 3 is 2.50 bits per heavy atom. The molecule has 0 aromatic heterocycles. The lowest BCUT2D eigenvalue weighted by atomic mass is 10.1. The molecule has 1 saturated heterocycles. The van der Waals surface area contributed by atoms with Gasteiger partial charge in [0.05, 0.1) is 27.4 Å². The molecule has 0 radical (unpaired) electrons. The molecule has 7 heteroatoms. The minimum atomic E-state index is -4.55. The van der Waals surface area contributed by atoms with E-state index in [1.807, 2.05) is 0 Å². The van der Waals surface area contributed by atoms with Crippen LogP contribution in [0.3, 0.4) is 0 Å². The van der Waals surface area contributed by atoms with E-state index >= 15 is 0 Å². The van der Waals surface area contributed by atoms with Crippen LogP contribution in [0.1, 0.15) is 11.7 Å². The molecular formula is C13H15F3O4. The molecule has 0 bridgehead atoms. The Morgan fingerprint density at radius 2 is 2.00 bits per heavy atom. The van der Waals surface area contributed by atoms with Crippen LogP contribution in [0.4, 0.5) is 13.2 Å². The van der Waals surface area contributed by atoms with Gasteiger partial charge in [-0.25, -0.2) is 0 Å². The molecule has 1 aliphatic rings. The lowest BCUT2D eigenvalue weighted by molar-refractivity contribution is -0.225. The van der Waals surface area contributed by atoms with Crippen LogP contribution in [0, 0.1) is 0 Å². The standard InChI is InChI=1S/C13H15F3O4/c1-17-10-5-3-4-9(11(10)18-2)12(13(14,15)16)20-7-8-6-19-8/h3-5,8,12H,6-7H2,1-2H3/t8-,12+/m0/s1. The van der Waals surface area contributed by atoms with Crippen LogP contribution in [-0.4, -0.2) is 39.7 Å². The van der Waals surface area contributed by atoms with Crippen LogP contribution in [0.25, 0.3) is 0 Å². The van der Waals surface area contributed by atoms with Gasteiger partial charge in [0, 0.05) is 5.56 Å². The van der Waals surface area contributed by atoms with Crippen LogP contribution in [0.15, 0.2) is 18.2 Å². The molecule has 1 aliphatic heterocycles. The van der Waals surface area contributed by atoms with Crippen molar-refractivity contribution in [2.75, 3.05) is 27.4 Å². The van der Waals surface area contributed by atoms with E-state index in [1.54, 1.807) is 0 Å². The summed E-state index contributed by atoms with van der Waals surface area (Å²) in [4.78, 5) is 0. The monoisotopic (exact) mass is 292 g/mol. The van der Waals surface area contributed by atoms with Gasteiger partial charge in [-0.1, -0.05) is 12.1 Å². The third-order valence-electron chi connectivity index (χ3n) is 2.86. The second-order valence-corrected chi connectivity index (χ2v) is 4.29. The van der Waals surface area contributed by atoms with E-state index in [0.717, 1.165) is 0 Å². The predicted octanol–water partition coefficient (Wildman–Crippen LogP) is 2.72. The number of ether oxygens (including phenoxy) is 4. The van der Waals surface area contributed by atoms with Gasteiger partial charge < -0.3 is 18.9 Å². The van der Waals surface area contributed by atoms with Crippen LogP contribution in [-0.2, 0) is 9.47 Å². The second kappa shape index (κ2) is 5.88. The summed E-state index contributed by atoms with van der Waals surface area (Å²) in [6, 6.07) is 4.31. The van der Waals surface area contributed by atoms with Crippen molar-refractivity contribution in [2.24, 2.45) is 0 Å². The lowest BCUT2D eigenvalue weighted by Gasteiger charge is -2.23. The lowest BCUT2D eigenvalue weighted by Crippen LogP contribution is -2.25. The normalized spacial score (nSPS) is 19.6. The molecule has 20 heavy (non-hydrogen) atoms. The molecule has 0 spiro atoms. The third kappa shape index (κ3) is 3.34. The molecule has 0 aliphatic carbocycles. The number of rotatable bonds is 6. The van der Waals surface area contributed by atoms with E-state index < -0.39 is 12.3 Å². The van der Waals surface area contributed by atoms with Gasteiger partial charge in [-0.15, -0.1) is 0 Å². The molecule has 1 fully saturated rings. The molecule has 1 aromatic rings. The number of methoxy groups -OCH3 is 2. The first-order valence-electron chi connectivity index (χ1n) is 5.98. The first-order valence-corrected chi connectivity index (χ1v) is 5.98. The van der Waals surface area contributed by atoms with Crippen molar-refractivity contribution in [2.45, 2.75) is 18.4 Å². The summed E-state index contributed by atoms with van der Waals surface area (Å²) in [5.74, 6) is 0.250. The largest absolute Gasteiger partial charge is 0.493 e. The fourth-order valence-corrected chi connectivity index (χ4v) is 1.85. The van der Waals surface area contributed by atoms with Crippen molar-refractivity contribution in [3.63, 3.8) is 0 Å². The highest BCUT2D eigenvalue weighted by molar-refractivity contribution is 5.48. The van der Waals surface area contributed by atoms with Crippen LogP contribution < -0.4 is 9.47 Å². The topological polar surface area (TPSA) is 40.2 Å². The summed E-state index contributed by atoms with van der Waals surface area (Å²) in [6.45, 7) is 0.324. The molecule has 0 N–H and O–H groups in total. The molecular weight excluding hydrogens is 277 g/mol. The second-order valence-electron chi connectivity index (χ2n) is 4.29. The summed E-state index contributed by atoms with van der Waals surface area (Å²) in [5.41, 5.74) is -0.111. The van der Waals surface area contributed by atoms with Crippen LogP contribution in [0.2, 0.25) is 0 Å². The fourth-order valence-electron chi connectivity index (χ4n) is 1.85. The first kappa shape index (κ1) is 14.9. The molecule has 112 valence electrons. The van der Waals surface area contributed by atoms with Crippen LogP contribution >= 0.6 is 0 Å². The van der Waals surface area contributed by atoms with Gasteiger partial charge in [0.25, 0.3) is 0 Å². The van der Waals surface area contributed by atoms with Gasteiger partial charge >= 0.3 is 6.18 Å². The summed E-state index contributed by atoms with van der Waals surface area (Å²) in [6.07, 6.45) is -6.87. The number of hydrogen-bond acceptors (Lipinski definition) is 4. The third-order valence-corrected chi connectivity index (χ3v) is 2.86. The van der Waals surface area contributed by atoms with Gasteiger partial charge in [0.1, 0.15) is 6.10 Å². The van der Waals surface area contributed by atoms with E-state index in [1.165, 1.54) is 32.4 Å². The minimum Gasteiger partial charge on any atom is -0.493 e. The van der Waals surface area contributed by atoms with E-state index in [2.05, 4.69) is 0 Å². The zero-order chi connectivity index (χ0) is 14.8. The maximum Gasteiger partial charge on any atom is 0.419 e. The quantitative estimate of drug-likeness (QED) is 0.756. The maximum atomic E-state index is 13.2. The average molecular weight is 292 g/mol. The van der Waals surface area contributed by atoms with Crippen molar-refractivity contribution in [3.8, 4) is 11.5 Å². The highest BCUT2D eigenvalue weighted by atomic mass is 19.4. The number of halogens is 3. The fraction of sp³-hybridized carbons (Fsp3) is 0.538. The SMILES string of the molecule is COc1cccc([C@@H](OC[C@@H]2CO2)C(F)(F)F)c1OC. The van der Waals surface area contributed by atoms with Gasteiger partial charge in [0.2, 0.25) is 0 Å². The highest BCUT2D eigenvalue weighted by Crippen LogP contribution is 2.43. The predicted molar refractivity (Wildman–Crippen MR) is 64.0 cm³/mol. The minimum absolute atomic E-state index is 0.0223. The number of hydrogen-bond donors (Lipinski definition) is 0. The van der Waals surface area contributed by atoms with Gasteiger partial charge in [-0.05, 0) is 6.07 Å². The van der Waals surface area contributed by atoms with E-state index in [4.69, 9.17) is 18.9 Å². The van der Waals surface area contributed by atoms with Crippen LogP contribution in [0.5, 0.6) is 11.5 Å². The van der Waals surface area contributed by atoms with E-state index in [0.29, 0.717) is 6.61 Å². The summed E-state index contributed by atoms with van der Waals surface area (Å²) < 4.78 is 59.4. The Bertz CT molecular complexity index is 457. The summed E-state index contributed by atoms with van der Waals surface area (Å²) >= 11 is 0. The van der Waals surface area contributed by atoms with Crippen molar-refractivity contribution in [1.82, 2.24) is 0 Å². The Morgan fingerprint density at radius 1 is 1.30 bits per heavy atom. The number of benzene rings is 1. The zero-order valence-corrected chi connectivity index (χ0v) is 11.1. The van der Waals surface area contributed by atoms with Crippen molar-refractivity contribution >= 4 is 0 Å². The van der Waals surface area contributed by atoms with Crippen molar-refractivity contribution < 1.29 is 32.1 Å². The molecule has 1 aromatic carbocycles. The Kier molecular flexibility index (Phi) is 4.39. The van der Waals surface area contributed by atoms with E-state index in [9.17, 15) is 13.2 Å². The Labute approximate surface area is 114 Å². The molecule has 0 amide bonds. The highest BCUT2D eigenvalue weighted by Gasteiger charge is 2.44.